The van der Waals surface area contributed by atoms with E-state index < -0.39 is 11.8 Å². The molecular formula is C36H34Cl2FN5O3S. The first-order chi connectivity index (χ1) is 23.2. The Hall–Kier alpha value is -3.99. The molecule has 0 fully saturated rings. The summed E-state index contributed by atoms with van der Waals surface area (Å²) in [5, 5.41) is 15.2. The molecule has 1 N–H and O–H groups in total. The van der Waals surface area contributed by atoms with Crippen LogP contribution in [0.4, 0.5) is 4.39 Å². The van der Waals surface area contributed by atoms with E-state index in [2.05, 4.69) is 16.3 Å². The molecule has 8 bridgehead atoms. The zero-order chi connectivity index (χ0) is 33.7. The summed E-state index contributed by atoms with van der Waals surface area (Å²) < 4.78 is 30.9. The van der Waals surface area contributed by atoms with Gasteiger partial charge in [-0.3, -0.25) is 9.78 Å². The highest BCUT2D eigenvalue weighted by molar-refractivity contribution is 7.97. The first-order valence-corrected chi connectivity index (χ1v) is 17.6. The zero-order valence-electron chi connectivity index (χ0n) is 27.0. The summed E-state index contributed by atoms with van der Waals surface area (Å²) in [5.41, 5.74) is 8.64. The molecule has 12 heteroatoms. The van der Waals surface area contributed by atoms with Crippen molar-refractivity contribution in [3.05, 3.63) is 97.9 Å². The van der Waals surface area contributed by atoms with Crippen LogP contribution in [-0.2, 0) is 42.7 Å². The van der Waals surface area contributed by atoms with Gasteiger partial charge in [-0.2, -0.15) is 10.2 Å². The van der Waals surface area contributed by atoms with Gasteiger partial charge in [0.15, 0.2) is 0 Å². The van der Waals surface area contributed by atoms with Gasteiger partial charge < -0.3 is 14.0 Å². The molecule has 48 heavy (non-hydrogen) atoms. The quantitative estimate of drug-likeness (QED) is 0.172. The molecule has 6 aromatic rings. The second-order valence-corrected chi connectivity index (χ2v) is 13.9. The Kier molecular flexibility index (Phi) is 8.91. The largest absolute Gasteiger partial charge is 0.493 e. The topological polar surface area (TPSA) is 87.0 Å². The van der Waals surface area contributed by atoms with Gasteiger partial charge in [0.05, 0.1) is 30.1 Å². The fourth-order valence-electron chi connectivity index (χ4n) is 6.83. The third-order valence-corrected chi connectivity index (χ3v) is 10.7. The number of hydrogen-bond acceptors (Lipinski definition) is 6. The number of nitrogens with one attached hydrogen (secondary N) is 1. The number of carbonyl (C=O) groups is 1. The zero-order valence-corrected chi connectivity index (χ0v) is 29.4. The van der Waals surface area contributed by atoms with Crippen molar-refractivity contribution in [1.82, 2.24) is 24.5 Å². The number of hydrogen-bond donors (Lipinski definition) is 1. The molecule has 3 aromatic carbocycles. The van der Waals surface area contributed by atoms with Crippen molar-refractivity contribution in [1.29, 1.82) is 0 Å². The minimum atomic E-state index is -0.465. The van der Waals surface area contributed by atoms with Crippen molar-refractivity contribution in [2.75, 3.05) is 13.7 Å². The van der Waals surface area contributed by atoms with Crippen LogP contribution >= 0.6 is 35.0 Å². The monoisotopic (exact) mass is 705 g/mol. The van der Waals surface area contributed by atoms with Crippen molar-refractivity contribution in [3.8, 4) is 16.9 Å². The highest BCUT2D eigenvalue weighted by atomic mass is 35.5. The van der Waals surface area contributed by atoms with Crippen LogP contribution in [-0.4, -0.2) is 44.2 Å². The number of carbonyl (C=O) groups excluding carboxylic acids is 1. The number of benzene rings is 3. The molecule has 4 heterocycles. The number of halogens is 3. The minimum Gasteiger partial charge on any atom is -0.493 e. The highest BCUT2D eigenvalue weighted by Gasteiger charge is 2.27. The molecule has 0 saturated carbocycles. The smallest absolute Gasteiger partial charge is 0.354 e. The maximum Gasteiger partial charge on any atom is 0.354 e. The number of aromatic nitrogens is 5. The average molecular weight is 707 g/mol. The lowest BCUT2D eigenvalue weighted by molar-refractivity contribution is 0.0587. The second-order valence-electron chi connectivity index (χ2n) is 12.1. The Morgan fingerprint density at radius 2 is 1.85 bits per heavy atom. The molecule has 0 atom stereocenters. The Bertz CT molecular complexity index is 2220. The number of methoxy groups -OCH3 is 1. The van der Waals surface area contributed by atoms with E-state index in [0.717, 1.165) is 62.4 Å². The third kappa shape index (κ3) is 5.73. The lowest BCUT2D eigenvalue weighted by atomic mass is 9.97. The summed E-state index contributed by atoms with van der Waals surface area (Å²) in [6.45, 7) is 4.72. The molecule has 7 rings (SSSR count). The average Bonchev–Trinajstić information content (AvgIpc) is 3.71. The molecule has 0 spiro atoms. The van der Waals surface area contributed by atoms with E-state index >= 15 is 4.39 Å². The lowest BCUT2D eigenvalue weighted by Gasteiger charge is -2.15. The summed E-state index contributed by atoms with van der Waals surface area (Å²) >= 11 is 14.9. The maximum atomic E-state index is 15.3. The number of thioether (sulfide) groups is 1. The van der Waals surface area contributed by atoms with E-state index in [1.165, 1.54) is 7.11 Å². The van der Waals surface area contributed by atoms with Gasteiger partial charge in [0.25, 0.3) is 0 Å². The molecule has 1 aliphatic heterocycles. The number of aromatic amines is 1. The highest BCUT2D eigenvalue weighted by Crippen LogP contribution is 2.43. The van der Waals surface area contributed by atoms with Gasteiger partial charge in [-0.05, 0) is 86.7 Å². The van der Waals surface area contributed by atoms with E-state index in [9.17, 15) is 4.79 Å². The van der Waals surface area contributed by atoms with Crippen molar-refractivity contribution in [2.45, 2.75) is 51.2 Å². The first kappa shape index (κ1) is 32.6. The van der Waals surface area contributed by atoms with E-state index in [0.29, 0.717) is 64.7 Å². The SMILES string of the molecule is COC(=O)c1c(C)c2c3c(Cl)ccc2n1CCCOc1cc(cc2c(F)c(Cl)ccc12)CCc1cc(nn1C)CSCc1n[nH]c(C)c1-3. The fraction of sp³-hybridized carbons (Fsp3) is 0.306. The summed E-state index contributed by atoms with van der Waals surface area (Å²) in [7, 11) is 3.34. The molecular weight excluding hydrogens is 672 g/mol. The normalized spacial score (nSPS) is 14.1. The van der Waals surface area contributed by atoms with E-state index in [1.54, 1.807) is 23.9 Å². The van der Waals surface area contributed by atoms with E-state index in [1.807, 2.05) is 54.4 Å². The second kappa shape index (κ2) is 13.1. The Labute approximate surface area is 291 Å². The maximum absolute atomic E-state index is 15.3. The van der Waals surface area contributed by atoms with Crippen LogP contribution < -0.4 is 4.74 Å². The van der Waals surface area contributed by atoms with Crippen LogP contribution in [0.15, 0.2) is 42.5 Å². The van der Waals surface area contributed by atoms with E-state index in [4.69, 9.17) is 37.8 Å². The van der Waals surface area contributed by atoms with Crippen LogP contribution in [0.2, 0.25) is 10.0 Å². The van der Waals surface area contributed by atoms with Crippen LogP contribution in [0.3, 0.4) is 0 Å². The van der Waals surface area contributed by atoms with Crippen molar-refractivity contribution < 1.29 is 18.7 Å². The van der Waals surface area contributed by atoms with Gasteiger partial charge in [-0.25, -0.2) is 9.18 Å². The molecule has 0 saturated heterocycles. The number of nitrogens with zero attached hydrogens (tertiary/aromatic N) is 4. The minimum absolute atomic E-state index is 0.0678. The summed E-state index contributed by atoms with van der Waals surface area (Å²) in [6.07, 6.45) is 1.95. The molecule has 3 aromatic heterocycles. The number of fused-ring (bicyclic) bond motifs is 8. The number of H-pyrrole nitrogens is 1. The fourth-order valence-corrected chi connectivity index (χ4v) is 8.10. The first-order valence-electron chi connectivity index (χ1n) is 15.7. The van der Waals surface area contributed by atoms with Gasteiger partial charge in [-0.1, -0.05) is 23.2 Å². The Balaban J connectivity index is 1.36. The lowest BCUT2D eigenvalue weighted by Crippen LogP contribution is -2.13. The molecule has 0 aliphatic carbocycles. The molecule has 1 aliphatic rings. The summed E-state index contributed by atoms with van der Waals surface area (Å²) in [5.74, 6) is 1.02. The van der Waals surface area contributed by atoms with Gasteiger partial charge in [-0.15, -0.1) is 11.8 Å². The van der Waals surface area contributed by atoms with Crippen molar-refractivity contribution in [3.63, 3.8) is 0 Å². The van der Waals surface area contributed by atoms with Crippen LogP contribution in [0.25, 0.3) is 32.8 Å². The van der Waals surface area contributed by atoms with E-state index in [-0.39, 0.29) is 5.02 Å². The standard InChI is InChI=1S/C36H34Cl2FN5O3S/c1-19-31-29-11-10-26(37)33(31)32-20(2)40-41-28(32)18-48-17-22-16-23(43(3)42-22)7-6-21-14-25-24(8-9-27(38)34(25)39)30(15-21)47-13-5-12-44(29)35(19)36(45)46-4/h8-11,14-16H,5-7,12-13,17-18H2,1-4H3,(H,40,41). The molecule has 8 nitrogen and oxygen atoms in total. The molecule has 0 amide bonds. The van der Waals surface area contributed by atoms with Crippen molar-refractivity contribution >= 4 is 62.6 Å². The van der Waals surface area contributed by atoms with Crippen LogP contribution in [0.1, 0.15) is 50.8 Å². The molecule has 248 valence electrons. The summed E-state index contributed by atoms with van der Waals surface area (Å²) in [6, 6.07) is 13.1. The molecule has 0 unspecified atom stereocenters. The number of ether oxygens (including phenoxy) is 2. The Morgan fingerprint density at radius 1 is 1.04 bits per heavy atom. The number of esters is 1. The number of rotatable bonds is 1. The number of aryl methyl sites for hydroxylation is 6. The third-order valence-electron chi connectivity index (χ3n) is 9.09. The van der Waals surface area contributed by atoms with Gasteiger partial charge in [0.2, 0.25) is 0 Å². The molecule has 0 radical (unpaired) electrons. The van der Waals surface area contributed by atoms with Gasteiger partial charge in [0, 0.05) is 74.3 Å². The predicted octanol–water partition coefficient (Wildman–Crippen LogP) is 8.77. The van der Waals surface area contributed by atoms with Crippen LogP contribution in [0, 0.1) is 19.7 Å². The Morgan fingerprint density at radius 3 is 2.67 bits per heavy atom. The van der Waals surface area contributed by atoms with Crippen molar-refractivity contribution in [2.24, 2.45) is 7.05 Å². The van der Waals surface area contributed by atoms with Gasteiger partial charge >= 0.3 is 5.97 Å². The van der Waals surface area contributed by atoms with Gasteiger partial charge in [0.1, 0.15) is 17.3 Å². The van der Waals surface area contributed by atoms with Crippen LogP contribution in [0.5, 0.6) is 5.75 Å². The predicted molar refractivity (Wildman–Crippen MR) is 190 cm³/mol. The summed E-state index contributed by atoms with van der Waals surface area (Å²) in [4.78, 5) is 13.3.